The lowest BCUT2D eigenvalue weighted by atomic mass is 10.2. The van der Waals surface area contributed by atoms with Crippen molar-refractivity contribution in [1.29, 1.82) is 0 Å². The van der Waals surface area contributed by atoms with Crippen LogP contribution in [0.25, 0.3) is 0 Å². The third-order valence-electron chi connectivity index (χ3n) is 2.54. The van der Waals surface area contributed by atoms with Crippen molar-refractivity contribution >= 4 is 5.91 Å². The summed E-state index contributed by atoms with van der Waals surface area (Å²) in [6.45, 7) is 3.06. The number of amides is 1. The van der Waals surface area contributed by atoms with Crippen molar-refractivity contribution in [3.05, 3.63) is 0 Å². The SMILES string of the molecule is CCCCCC(N)N.O=C1CCCCCN1. The number of nitrogens with two attached hydrogens (primary N) is 2. The number of nitrogens with one attached hydrogen (secondary N) is 1. The van der Waals surface area contributed by atoms with Gasteiger partial charge in [-0.15, -0.1) is 0 Å². The molecule has 0 saturated carbocycles. The molecule has 0 aromatic rings. The lowest BCUT2D eigenvalue weighted by Gasteiger charge is -2.01. The van der Waals surface area contributed by atoms with Crippen LogP contribution in [0.4, 0.5) is 0 Å². The van der Waals surface area contributed by atoms with Gasteiger partial charge in [0.2, 0.25) is 5.91 Å². The Bertz CT molecular complexity index is 162. The van der Waals surface area contributed by atoms with Gasteiger partial charge in [0.05, 0.1) is 6.17 Å². The molecule has 1 saturated heterocycles. The molecule has 0 aromatic carbocycles. The Morgan fingerprint density at radius 3 is 2.62 bits per heavy atom. The summed E-state index contributed by atoms with van der Waals surface area (Å²) in [6.07, 6.45) is 8.72. The summed E-state index contributed by atoms with van der Waals surface area (Å²) in [5.41, 5.74) is 10.6. The number of carbonyl (C=O) groups excluding carboxylic acids is 1. The van der Waals surface area contributed by atoms with Crippen LogP contribution >= 0.6 is 0 Å². The number of unbranched alkanes of at least 4 members (excludes halogenated alkanes) is 2. The van der Waals surface area contributed by atoms with Crippen molar-refractivity contribution in [1.82, 2.24) is 5.32 Å². The highest BCUT2D eigenvalue weighted by molar-refractivity contribution is 5.75. The van der Waals surface area contributed by atoms with Crippen LogP contribution in [0.15, 0.2) is 0 Å². The maximum absolute atomic E-state index is 10.6. The van der Waals surface area contributed by atoms with Crippen molar-refractivity contribution in [3.8, 4) is 0 Å². The predicted octanol–water partition coefficient (Wildman–Crippen LogP) is 1.49. The normalized spacial score (nSPS) is 16.1. The van der Waals surface area contributed by atoms with Crippen LogP contribution in [0.1, 0.15) is 58.3 Å². The Morgan fingerprint density at radius 1 is 1.25 bits per heavy atom. The first kappa shape index (κ1) is 15.4. The van der Waals surface area contributed by atoms with Crippen LogP contribution in [0.2, 0.25) is 0 Å². The third kappa shape index (κ3) is 11.5. The van der Waals surface area contributed by atoms with Crippen LogP contribution in [-0.2, 0) is 4.79 Å². The van der Waals surface area contributed by atoms with E-state index in [1.165, 1.54) is 25.7 Å². The van der Waals surface area contributed by atoms with Gasteiger partial charge in [-0.1, -0.05) is 32.6 Å². The molecule has 0 aliphatic carbocycles. The van der Waals surface area contributed by atoms with E-state index in [1.807, 2.05) is 0 Å². The van der Waals surface area contributed by atoms with Crippen LogP contribution in [0.3, 0.4) is 0 Å². The molecule has 96 valence electrons. The molecule has 1 fully saturated rings. The Kier molecular flexibility index (Phi) is 10.5. The van der Waals surface area contributed by atoms with Crippen LogP contribution in [-0.4, -0.2) is 18.6 Å². The number of rotatable bonds is 4. The zero-order chi connectivity index (χ0) is 12.2. The smallest absolute Gasteiger partial charge is 0.219 e. The molecule has 4 heteroatoms. The predicted molar refractivity (Wildman–Crippen MR) is 67.8 cm³/mol. The molecule has 1 amide bonds. The first-order valence-corrected chi connectivity index (χ1v) is 6.44. The van der Waals surface area contributed by atoms with Crippen LogP contribution < -0.4 is 16.8 Å². The van der Waals surface area contributed by atoms with E-state index in [9.17, 15) is 4.79 Å². The third-order valence-corrected chi connectivity index (χ3v) is 2.54. The highest BCUT2D eigenvalue weighted by atomic mass is 16.1. The number of hydrogen-bond acceptors (Lipinski definition) is 3. The second kappa shape index (κ2) is 10.9. The quantitative estimate of drug-likeness (QED) is 0.504. The monoisotopic (exact) mass is 229 g/mol. The maximum Gasteiger partial charge on any atom is 0.219 e. The van der Waals surface area contributed by atoms with Gasteiger partial charge in [-0.25, -0.2) is 0 Å². The lowest BCUT2D eigenvalue weighted by Crippen LogP contribution is -2.29. The second-order valence-corrected chi connectivity index (χ2v) is 4.32. The van der Waals surface area contributed by atoms with E-state index in [2.05, 4.69) is 12.2 Å². The van der Waals surface area contributed by atoms with Gasteiger partial charge in [0.1, 0.15) is 0 Å². The molecule has 1 heterocycles. The van der Waals surface area contributed by atoms with Crippen molar-refractivity contribution in [2.45, 2.75) is 64.5 Å². The van der Waals surface area contributed by atoms with Gasteiger partial charge < -0.3 is 16.8 Å². The fraction of sp³-hybridized carbons (Fsp3) is 0.917. The Morgan fingerprint density at radius 2 is 2.00 bits per heavy atom. The molecule has 4 nitrogen and oxygen atoms in total. The minimum Gasteiger partial charge on any atom is -0.356 e. The van der Waals surface area contributed by atoms with Crippen LogP contribution in [0, 0.1) is 0 Å². The molecule has 1 aliphatic rings. The Balaban J connectivity index is 0.000000281. The van der Waals surface area contributed by atoms with E-state index >= 15 is 0 Å². The van der Waals surface area contributed by atoms with Gasteiger partial charge in [-0.2, -0.15) is 0 Å². The number of carbonyl (C=O) groups is 1. The summed E-state index contributed by atoms with van der Waals surface area (Å²) in [4.78, 5) is 10.6. The van der Waals surface area contributed by atoms with E-state index in [0.29, 0.717) is 0 Å². The van der Waals surface area contributed by atoms with Gasteiger partial charge in [-0.3, -0.25) is 4.79 Å². The molecule has 0 unspecified atom stereocenters. The number of hydrogen-bond donors (Lipinski definition) is 3. The molecule has 5 N–H and O–H groups in total. The highest BCUT2D eigenvalue weighted by Crippen LogP contribution is 2.02. The average molecular weight is 229 g/mol. The molecule has 0 bridgehead atoms. The van der Waals surface area contributed by atoms with Crippen molar-refractivity contribution in [3.63, 3.8) is 0 Å². The molecule has 0 atom stereocenters. The van der Waals surface area contributed by atoms with Crippen LogP contribution in [0.5, 0.6) is 0 Å². The molecule has 16 heavy (non-hydrogen) atoms. The highest BCUT2D eigenvalue weighted by Gasteiger charge is 2.03. The fourth-order valence-electron chi connectivity index (χ4n) is 1.53. The minimum absolute atomic E-state index is 0.0958. The van der Waals surface area contributed by atoms with E-state index < -0.39 is 0 Å². The second-order valence-electron chi connectivity index (χ2n) is 4.32. The molecular weight excluding hydrogens is 202 g/mol. The molecule has 0 spiro atoms. The minimum atomic E-state index is -0.0958. The average Bonchev–Trinajstić information content (AvgIpc) is 2.47. The van der Waals surface area contributed by atoms with Gasteiger partial charge >= 0.3 is 0 Å². The van der Waals surface area contributed by atoms with Gasteiger partial charge in [0, 0.05) is 13.0 Å². The van der Waals surface area contributed by atoms with Crippen molar-refractivity contribution in [2.75, 3.05) is 6.54 Å². The van der Waals surface area contributed by atoms with Crippen molar-refractivity contribution < 1.29 is 4.79 Å². The summed E-state index contributed by atoms with van der Waals surface area (Å²) < 4.78 is 0. The zero-order valence-corrected chi connectivity index (χ0v) is 10.5. The summed E-state index contributed by atoms with van der Waals surface area (Å²) >= 11 is 0. The topological polar surface area (TPSA) is 81.1 Å². The Labute approximate surface area is 99.1 Å². The van der Waals surface area contributed by atoms with E-state index in [1.54, 1.807) is 0 Å². The van der Waals surface area contributed by atoms with E-state index in [-0.39, 0.29) is 12.1 Å². The first-order chi connectivity index (χ1) is 7.66. The van der Waals surface area contributed by atoms with Crippen molar-refractivity contribution in [2.24, 2.45) is 11.5 Å². The summed E-state index contributed by atoms with van der Waals surface area (Å²) in [5.74, 6) is 0.225. The summed E-state index contributed by atoms with van der Waals surface area (Å²) in [7, 11) is 0. The van der Waals surface area contributed by atoms with E-state index in [4.69, 9.17) is 11.5 Å². The van der Waals surface area contributed by atoms with Gasteiger partial charge in [0.25, 0.3) is 0 Å². The maximum atomic E-state index is 10.6. The lowest BCUT2D eigenvalue weighted by molar-refractivity contribution is -0.120. The van der Waals surface area contributed by atoms with Gasteiger partial charge in [-0.05, 0) is 19.3 Å². The molecule has 1 rings (SSSR count). The largest absolute Gasteiger partial charge is 0.356 e. The fourth-order valence-corrected chi connectivity index (χ4v) is 1.53. The summed E-state index contributed by atoms with van der Waals surface area (Å²) in [5, 5.41) is 2.81. The standard InChI is InChI=1S/C6H16N2.C6H11NO/c1-2-3-4-5-6(7)8;8-6-4-2-1-3-5-7-6/h6H,2-5,7-8H2,1H3;1-5H2,(H,7,8). The molecule has 1 aliphatic heterocycles. The molecule has 0 aromatic heterocycles. The molecule has 0 radical (unpaired) electrons. The Hall–Kier alpha value is -0.610. The summed E-state index contributed by atoms with van der Waals surface area (Å²) in [6, 6.07) is 0. The molecular formula is C12H27N3O. The first-order valence-electron chi connectivity index (χ1n) is 6.44. The van der Waals surface area contributed by atoms with E-state index in [0.717, 1.165) is 32.2 Å². The van der Waals surface area contributed by atoms with Gasteiger partial charge in [0.15, 0.2) is 0 Å². The zero-order valence-electron chi connectivity index (χ0n) is 10.5.